The molecule has 0 aliphatic rings. The van der Waals surface area contributed by atoms with E-state index >= 15 is 0 Å². The molecule has 0 aromatic carbocycles. The molecule has 0 rings (SSSR count). The molecule has 0 bridgehead atoms. The van der Waals surface area contributed by atoms with Gasteiger partial charge in [0.05, 0.1) is 13.2 Å². The predicted molar refractivity (Wildman–Crippen MR) is 76.1 cm³/mol. The van der Waals surface area contributed by atoms with E-state index < -0.39 is 0 Å². The van der Waals surface area contributed by atoms with Crippen molar-refractivity contribution < 1.29 is 9.47 Å². The van der Waals surface area contributed by atoms with Crippen molar-refractivity contribution in [1.29, 1.82) is 0 Å². The quantitative estimate of drug-likeness (QED) is 0.372. The van der Waals surface area contributed by atoms with Crippen molar-refractivity contribution in [1.82, 2.24) is 10.6 Å². The molecule has 0 saturated carbocycles. The van der Waals surface area contributed by atoms with E-state index in [2.05, 4.69) is 36.4 Å². The van der Waals surface area contributed by atoms with Gasteiger partial charge in [0.15, 0.2) is 5.96 Å². The maximum Gasteiger partial charge on any atom is 0.191 e. The standard InChI is InChI=1S/C13H29N3O2/c1-11(2)12(3)16-13(14-4)15-7-6-8-18-10-9-17-5/h11-12H,6-10H2,1-5H3,(H2,14,15,16). The van der Waals surface area contributed by atoms with Gasteiger partial charge in [-0.25, -0.2) is 0 Å². The SMILES string of the molecule is CN=C(NCCCOCCOC)NC(C)C(C)C. The van der Waals surface area contributed by atoms with Crippen LogP contribution >= 0.6 is 0 Å². The fourth-order valence-corrected chi connectivity index (χ4v) is 1.20. The second kappa shape index (κ2) is 11.3. The van der Waals surface area contributed by atoms with Gasteiger partial charge in [-0.1, -0.05) is 13.8 Å². The molecule has 5 heteroatoms. The van der Waals surface area contributed by atoms with Gasteiger partial charge in [-0.05, 0) is 19.3 Å². The lowest BCUT2D eigenvalue weighted by Gasteiger charge is -2.20. The van der Waals surface area contributed by atoms with Gasteiger partial charge in [-0.15, -0.1) is 0 Å². The van der Waals surface area contributed by atoms with Gasteiger partial charge in [0.25, 0.3) is 0 Å². The van der Waals surface area contributed by atoms with Crippen LogP contribution < -0.4 is 10.6 Å². The Balaban J connectivity index is 3.57. The van der Waals surface area contributed by atoms with Crippen LogP contribution in [0.3, 0.4) is 0 Å². The van der Waals surface area contributed by atoms with E-state index in [9.17, 15) is 0 Å². The van der Waals surface area contributed by atoms with Crippen LogP contribution in [0, 0.1) is 5.92 Å². The Kier molecular flexibility index (Phi) is 10.8. The van der Waals surface area contributed by atoms with E-state index in [1.165, 1.54) is 0 Å². The van der Waals surface area contributed by atoms with Crippen molar-refractivity contribution in [3.05, 3.63) is 0 Å². The number of hydrogen-bond acceptors (Lipinski definition) is 3. The molecular formula is C13H29N3O2. The smallest absolute Gasteiger partial charge is 0.191 e. The molecule has 0 saturated heterocycles. The minimum Gasteiger partial charge on any atom is -0.382 e. The number of rotatable bonds is 9. The summed E-state index contributed by atoms with van der Waals surface area (Å²) in [7, 11) is 3.47. The normalized spacial score (nSPS) is 13.8. The summed E-state index contributed by atoms with van der Waals surface area (Å²) in [5.41, 5.74) is 0. The van der Waals surface area contributed by atoms with E-state index in [-0.39, 0.29) is 0 Å². The van der Waals surface area contributed by atoms with Crippen molar-refractivity contribution in [2.45, 2.75) is 33.2 Å². The zero-order valence-electron chi connectivity index (χ0n) is 12.5. The van der Waals surface area contributed by atoms with Gasteiger partial charge in [0, 0.05) is 33.4 Å². The summed E-state index contributed by atoms with van der Waals surface area (Å²) < 4.78 is 10.3. The van der Waals surface area contributed by atoms with Crippen LogP contribution in [0.15, 0.2) is 4.99 Å². The molecule has 0 amide bonds. The van der Waals surface area contributed by atoms with Gasteiger partial charge < -0.3 is 20.1 Å². The van der Waals surface area contributed by atoms with Crippen LogP contribution in [-0.2, 0) is 9.47 Å². The first kappa shape index (κ1) is 17.2. The average molecular weight is 259 g/mol. The third-order valence-electron chi connectivity index (χ3n) is 2.78. The summed E-state index contributed by atoms with van der Waals surface area (Å²) in [6, 6.07) is 0.411. The number of nitrogens with zero attached hydrogens (tertiary/aromatic N) is 1. The van der Waals surface area contributed by atoms with Crippen molar-refractivity contribution in [2.24, 2.45) is 10.9 Å². The molecule has 0 aliphatic carbocycles. The average Bonchev–Trinajstić information content (AvgIpc) is 2.35. The number of ether oxygens (including phenoxy) is 2. The first-order valence-electron chi connectivity index (χ1n) is 6.65. The first-order valence-corrected chi connectivity index (χ1v) is 6.65. The van der Waals surface area contributed by atoms with Gasteiger partial charge in [0.2, 0.25) is 0 Å². The molecule has 1 unspecified atom stereocenters. The molecule has 0 fully saturated rings. The highest BCUT2D eigenvalue weighted by Crippen LogP contribution is 1.98. The zero-order chi connectivity index (χ0) is 13.8. The molecular weight excluding hydrogens is 230 g/mol. The molecule has 0 radical (unpaired) electrons. The van der Waals surface area contributed by atoms with E-state index in [0.717, 1.165) is 25.5 Å². The minimum atomic E-state index is 0.411. The lowest BCUT2D eigenvalue weighted by atomic mass is 10.1. The molecule has 0 spiro atoms. The molecule has 0 aromatic heterocycles. The van der Waals surface area contributed by atoms with Crippen molar-refractivity contribution >= 4 is 5.96 Å². The van der Waals surface area contributed by atoms with Crippen molar-refractivity contribution in [2.75, 3.05) is 40.5 Å². The highest BCUT2D eigenvalue weighted by molar-refractivity contribution is 5.79. The van der Waals surface area contributed by atoms with Gasteiger partial charge >= 0.3 is 0 Å². The van der Waals surface area contributed by atoms with Crippen LogP contribution in [0.5, 0.6) is 0 Å². The number of methoxy groups -OCH3 is 1. The van der Waals surface area contributed by atoms with E-state index in [1.807, 2.05) is 0 Å². The molecule has 0 aliphatic heterocycles. The largest absolute Gasteiger partial charge is 0.382 e. The molecule has 2 N–H and O–H groups in total. The highest BCUT2D eigenvalue weighted by atomic mass is 16.5. The fraction of sp³-hybridized carbons (Fsp3) is 0.923. The molecule has 5 nitrogen and oxygen atoms in total. The Labute approximate surface area is 111 Å². The Morgan fingerprint density at radius 2 is 1.89 bits per heavy atom. The predicted octanol–water partition coefficient (Wildman–Crippen LogP) is 1.25. The second-order valence-corrected chi connectivity index (χ2v) is 4.63. The Morgan fingerprint density at radius 1 is 1.17 bits per heavy atom. The summed E-state index contributed by atoms with van der Waals surface area (Å²) >= 11 is 0. The van der Waals surface area contributed by atoms with E-state index in [1.54, 1.807) is 14.2 Å². The molecule has 0 heterocycles. The molecule has 18 heavy (non-hydrogen) atoms. The molecule has 1 atom stereocenters. The van der Waals surface area contributed by atoms with Crippen LogP contribution in [0.1, 0.15) is 27.2 Å². The summed E-state index contributed by atoms with van der Waals surface area (Å²) in [4.78, 5) is 4.19. The molecule has 0 aromatic rings. The van der Waals surface area contributed by atoms with Gasteiger partial charge in [-0.2, -0.15) is 0 Å². The zero-order valence-corrected chi connectivity index (χ0v) is 12.5. The number of guanidine groups is 1. The van der Waals surface area contributed by atoms with Crippen molar-refractivity contribution in [3.63, 3.8) is 0 Å². The first-order chi connectivity index (χ1) is 8.61. The summed E-state index contributed by atoms with van der Waals surface area (Å²) in [6.45, 7) is 9.45. The Bertz CT molecular complexity index is 220. The van der Waals surface area contributed by atoms with E-state index in [0.29, 0.717) is 25.2 Å². The lowest BCUT2D eigenvalue weighted by Crippen LogP contribution is -2.44. The maximum atomic E-state index is 5.38. The maximum absolute atomic E-state index is 5.38. The Hall–Kier alpha value is -0.810. The number of nitrogens with one attached hydrogen (secondary N) is 2. The number of aliphatic imine (C=N–C) groups is 1. The number of hydrogen-bond donors (Lipinski definition) is 2. The summed E-state index contributed by atoms with van der Waals surface area (Å²) in [6.07, 6.45) is 0.959. The van der Waals surface area contributed by atoms with Gasteiger partial charge in [0.1, 0.15) is 0 Å². The minimum absolute atomic E-state index is 0.411. The monoisotopic (exact) mass is 259 g/mol. The third kappa shape index (κ3) is 9.24. The summed E-state index contributed by atoms with van der Waals surface area (Å²) in [5, 5.41) is 6.63. The van der Waals surface area contributed by atoms with Crippen LogP contribution in [0.2, 0.25) is 0 Å². The lowest BCUT2D eigenvalue weighted by molar-refractivity contribution is 0.0698. The second-order valence-electron chi connectivity index (χ2n) is 4.63. The molecule has 108 valence electrons. The van der Waals surface area contributed by atoms with Crippen LogP contribution in [0.4, 0.5) is 0 Å². The fourth-order valence-electron chi connectivity index (χ4n) is 1.20. The third-order valence-corrected chi connectivity index (χ3v) is 2.78. The highest BCUT2D eigenvalue weighted by Gasteiger charge is 2.08. The summed E-state index contributed by atoms with van der Waals surface area (Å²) in [5.74, 6) is 1.44. The van der Waals surface area contributed by atoms with Crippen molar-refractivity contribution in [3.8, 4) is 0 Å². The Morgan fingerprint density at radius 3 is 2.44 bits per heavy atom. The topological polar surface area (TPSA) is 54.9 Å². The van der Waals surface area contributed by atoms with E-state index in [4.69, 9.17) is 9.47 Å². The van der Waals surface area contributed by atoms with Crippen LogP contribution in [-0.4, -0.2) is 52.5 Å². The van der Waals surface area contributed by atoms with Gasteiger partial charge in [-0.3, -0.25) is 4.99 Å². The van der Waals surface area contributed by atoms with Crippen LogP contribution in [0.25, 0.3) is 0 Å².